The highest BCUT2D eigenvalue weighted by Gasteiger charge is 2.25. The molecule has 3 aromatic rings. The van der Waals surface area contributed by atoms with E-state index in [4.69, 9.17) is 16.3 Å². The maximum atomic E-state index is 13.2. The number of nitrogens with one attached hydrogen (secondary N) is 2. The van der Waals surface area contributed by atoms with Crippen molar-refractivity contribution in [2.45, 2.75) is 56.4 Å². The lowest BCUT2D eigenvalue weighted by Gasteiger charge is -2.23. The predicted molar refractivity (Wildman–Crippen MR) is 126 cm³/mol. The average Bonchev–Trinajstić information content (AvgIpc) is 3.13. The number of carbonyl (C=O) groups is 1. The minimum absolute atomic E-state index is 0.0432. The summed E-state index contributed by atoms with van der Waals surface area (Å²) in [4.78, 5) is 15.6. The molecule has 4 rings (SSSR count). The minimum atomic E-state index is -3.79. The third-order valence-electron chi connectivity index (χ3n) is 6.12. The Morgan fingerprint density at radius 2 is 1.94 bits per heavy atom. The van der Waals surface area contributed by atoms with Crippen molar-refractivity contribution in [2.24, 2.45) is 0 Å². The summed E-state index contributed by atoms with van der Waals surface area (Å²) in [6, 6.07) is 10.7. The Balaban J connectivity index is 1.80. The number of aryl methyl sites for hydroxylation is 1. The Bertz CT molecular complexity index is 1260. The maximum Gasteiger partial charge on any atom is 0.310 e. The van der Waals surface area contributed by atoms with E-state index in [1.54, 1.807) is 18.2 Å². The lowest BCUT2D eigenvalue weighted by molar-refractivity contribution is -0.139. The van der Waals surface area contributed by atoms with E-state index in [2.05, 4.69) is 9.71 Å². The van der Waals surface area contributed by atoms with Gasteiger partial charge in [-0.05, 0) is 54.7 Å². The van der Waals surface area contributed by atoms with Gasteiger partial charge < -0.3 is 9.72 Å². The highest BCUT2D eigenvalue weighted by atomic mass is 35.5. The Labute approximate surface area is 193 Å². The number of carbonyl (C=O) groups excluding carboxylic acids is 1. The second-order valence-electron chi connectivity index (χ2n) is 8.33. The van der Waals surface area contributed by atoms with E-state index in [9.17, 15) is 13.2 Å². The molecule has 0 amide bonds. The summed E-state index contributed by atoms with van der Waals surface area (Å²) in [5.74, 6) is -0.365. The number of H-pyrrole nitrogens is 1. The van der Waals surface area contributed by atoms with Crippen LogP contribution in [0, 0.1) is 6.92 Å². The molecule has 170 valence electrons. The van der Waals surface area contributed by atoms with Gasteiger partial charge in [0.2, 0.25) is 10.0 Å². The van der Waals surface area contributed by atoms with Crippen LogP contribution in [0.4, 0.5) is 0 Å². The van der Waals surface area contributed by atoms with Crippen LogP contribution >= 0.6 is 11.6 Å². The second kappa shape index (κ2) is 9.25. The lowest BCUT2D eigenvalue weighted by atomic mass is 9.96. The first-order chi connectivity index (χ1) is 15.3. The van der Waals surface area contributed by atoms with Gasteiger partial charge in [0.05, 0.1) is 24.2 Å². The number of hydrogen-bond donors (Lipinski definition) is 2. The van der Waals surface area contributed by atoms with Crippen molar-refractivity contribution >= 4 is 38.5 Å². The van der Waals surface area contributed by atoms with Crippen LogP contribution in [0.1, 0.15) is 43.2 Å². The number of aromatic nitrogens is 1. The minimum Gasteiger partial charge on any atom is -0.469 e. The molecule has 8 heteroatoms. The fraction of sp³-hybridized carbons (Fsp3) is 0.375. The normalized spacial score (nSPS) is 15.2. The van der Waals surface area contributed by atoms with Crippen molar-refractivity contribution in [3.05, 3.63) is 52.5 Å². The van der Waals surface area contributed by atoms with Crippen LogP contribution in [0.3, 0.4) is 0 Å². The van der Waals surface area contributed by atoms with Gasteiger partial charge >= 0.3 is 5.97 Å². The van der Waals surface area contributed by atoms with Crippen LogP contribution in [0.2, 0.25) is 5.02 Å². The van der Waals surface area contributed by atoms with E-state index >= 15 is 0 Å². The van der Waals surface area contributed by atoms with Crippen molar-refractivity contribution in [1.82, 2.24) is 9.71 Å². The fourth-order valence-corrected chi connectivity index (χ4v) is 6.35. The number of fused-ring (bicyclic) bond motifs is 1. The molecule has 1 fully saturated rings. The number of sulfonamides is 1. The second-order valence-corrected chi connectivity index (χ2v) is 10.4. The van der Waals surface area contributed by atoms with Gasteiger partial charge in [-0.1, -0.05) is 49.1 Å². The molecule has 1 heterocycles. The molecule has 0 aliphatic heterocycles. The number of esters is 1. The first-order valence-corrected chi connectivity index (χ1v) is 12.7. The molecule has 32 heavy (non-hydrogen) atoms. The molecule has 0 spiro atoms. The van der Waals surface area contributed by atoms with E-state index in [0.717, 1.165) is 54.1 Å². The smallest absolute Gasteiger partial charge is 0.310 e. The number of benzene rings is 2. The zero-order valence-electron chi connectivity index (χ0n) is 18.2. The van der Waals surface area contributed by atoms with E-state index in [-0.39, 0.29) is 28.4 Å². The van der Waals surface area contributed by atoms with E-state index < -0.39 is 10.0 Å². The molecule has 2 aromatic carbocycles. The Kier molecular flexibility index (Phi) is 6.60. The van der Waals surface area contributed by atoms with Gasteiger partial charge in [-0.2, -0.15) is 0 Å². The average molecular weight is 475 g/mol. The van der Waals surface area contributed by atoms with Gasteiger partial charge in [0, 0.05) is 16.9 Å². The van der Waals surface area contributed by atoms with Crippen LogP contribution in [-0.2, 0) is 26.0 Å². The molecule has 0 atom stereocenters. The van der Waals surface area contributed by atoms with Crippen LogP contribution in [0.15, 0.2) is 41.3 Å². The molecule has 1 aromatic heterocycles. The SMILES string of the molecule is COC(=O)Cc1c(-c2ccc(Cl)c(S(=O)(=O)NC3CCCCC3)c2)[nH]c2cccc(C)c12. The molecule has 0 unspecified atom stereocenters. The molecular formula is C24H27ClN2O4S. The number of hydrogen-bond acceptors (Lipinski definition) is 4. The zero-order valence-corrected chi connectivity index (χ0v) is 19.8. The number of ether oxygens (including phenoxy) is 1. The van der Waals surface area contributed by atoms with E-state index in [1.807, 2.05) is 25.1 Å². The highest BCUT2D eigenvalue weighted by molar-refractivity contribution is 7.89. The maximum absolute atomic E-state index is 13.2. The van der Waals surface area contributed by atoms with Crippen molar-refractivity contribution in [3.63, 3.8) is 0 Å². The molecule has 0 radical (unpaired) electrons. The first-order valence-electron chi connectivity index (χ1n) is 10.8. The predicted octanol–water partition coefficient (Wildman–Crippen LogP) is 5.12. The van der Waals surface area contributed by atoms with Crippen LogP contribution in [0.5, 0.6) is 0 Å². The highest BCUT2D eigenvalue weighted by Crippen LogP contribution is 2.35. The van der Waals surface area contributed by atoms with E-state index in [0.29, 0.717) is 11.3 Å². The van der Waals surface area contributed by atoms with Gasteiger partial charge in [-0.25, -0.2) is 13.1 Å². The Morgan fingerprint density at radius 3 is 2.66 bits per heavy atom. The number of halogens is 1. The summed E-state index contributed by atoms with van der Waals surface area (Å²) in [7, 11) is -2.43. The molecule has 6 nitrogen and oxygen atoms in total. The fourth-order valence-electron chi connectivity index (χ4n) is 4.52. The van der Waals surface area contributed by atoms with Gasteiger partial charge in [0.1, 0.15) is 4.90 Å². The summed E-state index contributed by atoms with van der Waals surface area (Å²) in [5.41, 5.74) is 4.00. The summed E-state index contributed by atoms with van der Waals surface area (Å²) in [6.45, 7) is 1.98. The van der Waals surface area contributed by atoms with Crippen molar-refractivity contribution < 1.29 is 17.9 Å². The molecule has 0 saturated heterocycles. The van der Waals surface area contributed by atoms with Gasteiger partial charge in [0.25, 0.3) is 0 Å². The Morgan fingerprint density at radius 1 is 1.19 bits per heavy atom. The number of aromatic amines is 1. The monoisotopic (exact) mass is 474 g/mol. The molecule has 2 N–H and O–H groups in total. The zero-order chi connectivity index (χ0) is 22.9. The quantitative estimate of drug-likeness (QED) is 0.485. The topological polar surface area (TPSA) is 88.3 Å². The third kappa shape index (κ3) is 4.56. The summed E-state index contributed by atoms with van der Waals surface area (Å²) >= 11 is 6.33. The first kappa shape index (κ1) is 22.8. The van der Waals surface area contributed by atoms with Crippen molar-refractivity contribution in [1.29, 1.82) is 0 Å². The van der Waals surface area contributed by atoms with Crippen molar-refractivity contribution in [3.8, 4) is 11.3 Å². The van der Waals surface area contributed by atoms with Gasteiger partial charge in [-0.3, -0.25) is 4.79 Å². The summed E-state index contributed by atoms with van der Waals surface area (Å²) in [6.07, 6.45) is 4.92. The van der Waals surface area contributed by atoms with Crippen LogP contribution in [0.25, 0.3) is 22.2 Å². The third-order valence-corrected chi connectivity index (χ3v) is 8.12. The summed E-state index contributed by atoms with van der Waals surface area (Å²) < 4.78 is 34.1. The molecule has 0 bridgehead atoms. The largest absolute Gasteiger partial charge is 0.469 e. The lowest BCUT2D eigenvalue weighted by Crippen LogP contribution is -2.36. The van der Waals surface area contributed by atoms with Crippen molar-refractivity contribution in [2.75, 3.05) is 7.11 Å². The standard InChI is InChI=1S/C24H27ClN2O4S/c1-15-7-6-10-20-23(15)18(14-22(28)31-2)24(26-20)16-11-12-19(25)21(13-16)32(29,30)27-17-8-4-3-5-9-17/h6-7,10-13,17,26-27H,3-5,8-9,14H2,1-2H3. The molecule has 1 aliphatic carbocycles. The molecular weight excluding hydrogens is 448 g/mol. The molecule has 1 saturated carbocycles. The van der Waals surface area contributed by atoms with E-state index in [1.165, 1.54) is 7.11 Å². The van der Waals surface area contributed by atoms with Crippen LogP contribution in [-0.4, -0.2) is 32.5 Å². The van der Waals surface area contributed by atoms with Crippen LogP contribution < -0.4 is 4.72 Å². The molecule has 1 aliphatic rings. The Hall–Kier alpha value is -2.35. The van der Waals surface area contributed by atoms with Gasteiger partial charge in [0.15, 0.2) is 0 Å². The summed E-state index contributed by atoms with van der Waals surface area (Å²) in [5, 5.41) is 1.10. The number of rotatable bonds is 6. The number of methoxy groups -OCH3 is 1. The van der Waals surface area contributed by atoms with Gasteiger partial charge in [-0.15, -0.1) is 0 Å².